The van der Waals surface area contributed by atoms with Gasteiger partial charge < -0.3 is 9.88 Å². The largest absolute Gasteiger partial charge is 0.331 e. The fraction of sp³-hybridized carbons (Fsp3) is 0.100. The lowest BCUT2D eigenvalue weighted by Crippen LogP contribution is -2.18. The smallest absolute Gasteiger partial charge is 0.273 e. The summed E-state index contributed by atoms with van der Waals surface area (Å²) in [6.07, 6.45) is 1.66. The molecule has 0 spiro atoms. The van der Waals surface area contributed by atoms with Gasteiger partial charge in [0.25, 0.3) is 5.91 Å². The average molecular weight is 365 g/mol. The van der Waals surface area contributed by atoms with E-state index in [2.05, 4.69) is 10.3 Å². The number of nitrogens with zero attached hydrogens (tertiary/aromatic N) is 2. The van der Waals surface area contributed by atoms with Gasteiger partial charge in [-0.1, -0.05) is 12.1 Å². The van der Waals surface area contributed by atoms with E-state index in [4.69, 9.17) is 0 Å². The molecule has 0 radical (unpaired) electrons. The summed E-state index contributed by atoms with van der Waals surface area (Å²) in [5.74, 6) is -0.00839. The van der Waals surface area contributed by atoms with Crippen molar-refractivity contribution in [1.29, 1.82) is 0 Å². The van der Waals surface area contributed by atoms with Crippen molar-refractivity contribution in [3.05, 3.63) is 82.7 Å². The lowest BCUT2D eigenvalue weighted by Gasteiger charge is -2.11. The number of nitrogens with one attached hydrogen (secondary N) is 1. The van der Waals surface area contributed by atoms with Crippen molar-refractivity contribution < 1.29 is 9.18 Å². The maximum atomic E-state index is 13.5. The number of hydrogen-bond acceptors (Lipinski definition) is 3. The van der Waals surface area contributed by atoms with E-state index in [1.807, 2.05) is 47.2 Å². The second-order valence-corrected chi connectivity index (χ2v) is 7.04. The minimum Gasteiger partial charge on any atom is -0.331 e. The molecule has 3 heterocycles. The van der Waals surface area contributed by atoms with Gasteiger partial charge in [-0.2, -0.15) is 0 Å². The summed E-state index contributed by atoms with van der Waals surface area (Å²) < 4.78 is 16.5. The highest BCUT2D eigenvalue weighted by atomic mass is 32.1. The predicted octanol–water partition coefficient (Wildman–Crippen LogP) is 4.85. The van der Waals surface area contributed by atoms with Gasteiger partial charge in [0.2, 0.25) is 0 Å². The first kappa shape index (κ1) is 16.5. The number of carbonyl (C=O) groups excluding carboxylic acids is 1. The van der Waals surface area contributed by atoms with Crippen LogP contribution in [0.2, 0.25) is 0 Å². The zero-order valence-corrected chi connectivity index (χ0v) is 14.9. The predicted molar refractivity (Wildman–Crippen MR) is 102 cm³/mol. The topological polar surface area (TPSA) is 46.9 Å². The van der Waals surface area contributed by atoms with Gasteiger partial charge in [0.1, 0.15) is 17.3 Å². The summed E-state index contributed by atoms with van der Waals surface area (Å²) in [7, 11) is 0. The van der Waals surface area contributed by atoms with E-state index in [0.29, 0.717) is 18.1 Å². The number of anilines is 1. The highest BCUT2D eigenvalue weighted by molar-refractivity contribution is 7.17. The van der Waals surface area contributed by atoms with E-state index in [1.54, 1.807) is 23.6 Å². The number of carbonyl (C=O) groups is 1. The average Bonchev–Trinajstić information content (AvgIpc) is 3.18. The van der Waals surface area contributed by atoms with E-state index >= 15 is 0 Å². The molecule has 0 aliphatic heterocycles. The minimum absolute atomic E-state index is 0.233. The Morgan fingerprint density at radius 3 is 2.92 bits per heavy atom. The number of pyridine rings is 1. The first-order valence-corrected chi connectivity index (χ1v) is 9.03. The van der Waals surface area contributed by atoms with Crippen LogP contribution in [0, 0.1) is 12.7 Å². The maximum absolute atomic E-state index is 13.5. The van der Waals surface area contributed by atoms with E-state index < -0.39 is 0 Å². The number of rotatable bonds is 4. The van der Waals surface area contributed by atoms with Crippen LogP contribution in [0.1, 0.15) is 21.6 Å². The number of halogens is 1. The number of aromatic nitrogens is 2. The lowest BCUT2D eigenvalue weighted by molar-refractivity contribution is 0.101. The highest BCUT2D eigenvalue weighted by Gasteiger charge is 2.17. The van der Waals surface area contributed by atoms with Crippen molar-refractivity contribution in [2.45, 2.75) is 13.5 Å². The third kappa shape index (κ3) is 3.23. The third-order valence-corrected chi connectivity index (χ3v) is 5.00. The van der Waals surface area contributed by atoms with E-state index in [-0.39, 0.29) is 11.7 Å². The Balaban J connectivity index is 1.70. The summed E-state index contributed by atoms with van der Waals surface area (Å²) in [6.45, 7) is 2.36. The van der Waals surface area contributed by atoms with Crippen LogP contribution in [0.5, 0.6) is 0 Å². The molecular formula is C20H16FN3OS. The number of fused-ring (bicyclic) bond motifs is 1. The standard InChI is InChI=1S/C20H16FN3OS/c1-13-5-7-22-19(9-13)23-20(25)17-11-18-16(6-8-26-18)24(17)12-14-3-2-4-15(21)10-14/h2-11H,12H2,1H3,(H,22,23,25). The minimum atomic E-state index is -0.286. The van der Waals surface area contributed by atoms with Crippen LogP contribution in [-0.4, -0.2) is 15.5 Å². The Morgan fingerprint density at radius 1 is 1.23 bits per heavy atom. The normalized spacial score (nSPS) is 11.0. The lowest BCUT2D eigenvalue weighted by atomic mass is 10.2. The van der Waals surface area contributed by atoms with E-state index in [9.17, 15) is 9.18 Å². The molecule has 0 atom stereocenters. The molecule has 4 nitrogen and oxygen atoms in total. The van der Waals surface area contributed by atoms with Crippen LogP contribution >= 0.6 is 11.3 Å². The van der Waals surface area contributed by atoms with Crippen molar-refractivity contribution >= 4 is 33.3 Å². The Kier molecular flexibility index (Phi) is 4.26. The molecule has 4 aromatic rings. The second kappa shape index (κ2) is 6.72. The van der Waals surface area contributed by atoms with Gasteiger partial charge in [-0.3, -0.25) is 4.79 Å². The Bertz CT molecular complexity index is 1100. The summed E-state index contributed by atoms with van der Waals surface area (Å²) in [6, 6.07) is 14.0. The molecule has 0 aliphatic carbocycles. The van der Waals surface area contributed by atoms with Crippen molar-refractivity contribution in [3.8, 4) is 0 Å². The number of hydrogen-bond donors (Lipinski definition) is 1. The van der Waals surface area contributed by atoms with Crippen LogP contribution in [-0.2, 0) is 6.54 Å². The van der Waals surface area contributed by atoms with Crippen molar-refractivity contribution in [2.24, 2.45) is 0 Å². The molecule has 1 N–H and O–H groups in total. The zero-order valence-electron chi connectivity index (χ0n) is 14.1. The van der Waals surface area contributed by atoms with Gasteiger partial charge in [0.05, 0.1) is 10.2 Å². The van der Waals surface area contributed by atoms with Gasteiger partial charge in [-0.05, 0) is 59.8 Å². The molecule has 0 aliphatic rings. The summed E-state index contributed by atoms with van der Waals surface area (Å²) in [5.41, 5.74) is 3.31. The summed E-state index contributed by atoms with van der Waals surface area (Å²) >= 11 is 1.57. The number of thiophene rings is 1. The molecule has 0 unspecified atom stereocenters. The quantitative estimate of drug-likeness (QED) is 0.562. The molecule has 0 bridgehead atoms. The van der Waals surface area contributed by atoms with Gasteiger partial charge in [0, 0.05) is 12.7 Å². The van der Waals surface area contributed by atoms with E-state index in [1.165, 1.54) is 12.1 Å². The first-order valence-electron chi connectivity index (χ1n) is 8.15. The molecular weight excluding hydrogens is 349 g/mol. The monoisotopic (exact) mass is 365 g/mol. The molecule has 130 valence electrons. The van der Waals surface area contributed by atoms with Crippen molar-refractivity contribution in [3.63, 3.8) is 0 Å². The fourth-order valence-corrected chi connectivity index (χ4v) is 3.76. The molecule has 4 rings (SSSR count). The molecule has 0 saturated carbocycles. The Hall–Kier alpha value is -2.99. The first-order chi connectivity index (χ1) is 12.6. The van der Waals surface area contributed by atoms with Crippen LogP contribution in [0.25, 0.3) is 10.2 Å². The van der Waals surface area contributed by atoms with Crippen LogP contribution < -0.4 is 5.32 Å². The highest BCUT2D eigenvalue weighted by Crippen LogP contribution is 2.27. The SMILES string of the molecule is Cc1ccnc(NC(=O)c2cc3sccc3n2Cc2cccc(F)c2)c1. The number of amides is 1. The van der Waals surface area contributed by atoms with Crippen LogP contribution in [0.15, 0.2) is 60.1 Å². The molecule has 0 fully saturated rings. The summed E-state index contributed by atoms with van der Waals surface area (Å²) in [4.78, 5) is 17.0. The van der Waals surface area contributed by atoms with Gasteiger partial charge in [0.15, 0.2) is 0 Å². The Labute approximate surface area is 153 Å². The fourth-order valence-electron chi connectivity index (χ4n) is 2.94. The molecule has 0 saturated heterocycles. The molecule has 26 heavy (non-hydrogen) atoms. The van der Waals surface area contributed by atoms with Crippen LogP contribution in [0.3, 0.4) is 0 Å². The second-order valence-electron chi connectivity index (χ2n) is 6.09. The number of benzene rings is 1. The summed E-state index contributed by atoms with van der Waals surface area (Å²) in [5, 5.41) is 4.83. The Morgan fingerprint density at radius 2 is 2.12 bits per heavy atom. The van der Waals surface area contributed by atoms with Gasteiger partial charge in [-0.25, -0.2) is 9.37 Å². The zero-order chi connectivity index (χ0) is 18.1. The number of aryl methyl sites for hydroxylation is 1. The van der Waals surface area contributed by atoms with Gasteiger partial charge >= 0.3 is 0 Å². The van der Waals surface area contributed by atoms with Crippen LogP contribution in [0.4, 0.5) is 10.2 Å². The van der Waals surface area contributed by atoms with Crippen molar-refractivity contribution in [1.82, 2.24) is 9.55 Å². The molecule has 6 heteroatoms. The van der Waals surface area contributed by atoms with E-state index in [0.717, 1.165) is 21.3 Å². The molecule has 1 aromatic carbocycles. The molecule has 1 amide bonds. The maximum Gasteiger partial charge on any atom is 0.273 e. The third-order valence-electron chi connectivity index (χ3n) is 4.14. The van der Waals surface area contributed by atoms with Crippen molar-refractivity contribution in [2.75, 3.05) is 5.32 Å². The van der Waals surface area contributed by atoms with Gasteiger partial charge in [-0.15, -0.1) is 11.3 Å². The molecule has 3 aromatic heterocycles.